The second kappa shape index (κ2) is 9.99. The van der Waals surface area contributed by atoms with Gasteiger partial charge in [-0.25, -0.2) is 13.6 Å². The van der Waals surface area contributed by atoms with E-state index in [9.17, 15) is 14.7 Å². The Balaban J connectivity index is 1.62. The van der Waals surface area contributed by atoms with Crippen molar-refractivity contribution < 1.29 is 18.7 Å². The van der Waals surface area contributed by atoms with E-state index in [1.807, 2.05) is 33.1 Å². The fraction of sp³-hybridized carbons (Fsp3) is 0.429. The summed E-state index contributed by atoms with van der Waals surface area (Å²) in [5.41, 5.74) is 0.0423. The van der Waals surface area contributed by atoms with Crippen molar-refractivity contribution in [1.29, 1.82) is 0 Å². The van der Waals surface area contributed by atoms with E-state index in [1.54, 1.807) is 12.1 Å². The van der Waals surface area contributed by atoms with Gasteiger partial charge in [0.15, 0.2) is 0 Å². The number of aromatic carboxylic acids is 1. The summed E-state index contributed by atoms with van der Waals surface area (Å²) in [7, 11) is 8.01. The second-order valence-electron chi connectivity index (χ2n) is 10.7. The number of hydrogen-bond donors (Lipinski definition) is 1. The minimum atomic E-state index is -1.45. The first-order chi connectivity index (χ1) is 18.0. The molecule has 2 unspecified atom stereocenters. The molecule has 2 aliphatic rings. The summed E-state index contributed by atoms with van der Waals surface area (Å²) in [5, 5.41) is 9.57. The highest BCUT2D eigenvalue weighted by Gasteiger charge is 2.28. The zero-order valence-electron chi connectivity index (χ0n) is 22.1. The molecule has 2 saturated heterocycles. The van der Waals surface area contributed by atoms with Gasteiger partial charge in [0.05, 0.1) is 16.9 Å². The molecule has 2 aromatic carbocycles. The summed E-state index contributed by atoms with van der Waals surface area (Å²) in [4.78, 5) is 33.1. The molecule has 38 heavy (non-hydrogen) atoms. The van der Waals surface area contributed by atoms with Crippen LogP contribution in [0.25, 0.3) is 16.6 Å². The smallest absolute Gasteiger partial charge is 0.341 e. The second-order valence-corrected chi connectivity index (χ2v) is 10.7. The molecular weight excluding hydrogens is 492 g/mol. The lowest BCUT2D eigenvalue weighted by molar-refractivity contribution is 0.0695. The quantitative estimate of drug-likeness (QED) is 0.530. The number of benzene rings is 2. The van der Waals surface area contributed by atoms with Crippen LogP contribution < -0.4 is 15.2 Å². The van der Waals surface area contributed by atoms with Crippen LogP contribution in [0.5, 0.6) is 0 Å². The van der Waals surface area contributed by atoms with Crippen LogP contribution in [0.15, 0.2) is 41.3 Å². The monoisotopic (exact) mass is 525 g/mol. The highest BCUT2D eigenvalue weighted by molar-refractivity contribution is 5.94. The molecule has 202 valence electrons. The van der Waals surface area contributed by atoms with Gasteiger partial charge in [-0.1, -0.05) is 0 Å². The normalized spacial score (nSPS) is 19.9. The summed E-state index contributed by atoms with van der Waals surface area (Å²) in [5.74, 6) is -2.62. The Labute approximate surface area is 220 Å². The first kappa shape index (κ1) is 26.1. The highest BCUT2D eigenvalue weighted by atomic mass is 19.1. The number of pyridine rings is 1. The molecule has 3 heterocycles. The Hall–Kier alpha value is -3.50. The van der Waals surface area contributed by atoms with Crippen molar-refractivity contribution in [3.05, 3.63) is 63.9 Å². The zero-order chi connectivity index (χ0) is 27.3. The number of anilines is 2. The van der Waals surface area contributed by atoms with Gasteiger partial charge in [0.25, 0.3) is 0 Å². The summed E-state index contributed by atoms with van der Waals surface area (Å²) >= 11 is 0. The van der Waals surface area contributed by atoms with E-state index < -0.39 is 28.6 Å². The lowest BCUT2D eigenvalue weighted by Gasteiger charge is -2.24. The maximum Gasteiger partial charge on any atom is 0.341 e. The Kier molecular flexibility index (Phi) is 6.87. The third-order valence-electron chi connectivity index (χ3n) is 7.99. The topological polar surface area (TPSA) is 72.3 Å². The maximum atomic E-state index is 15.7. The van der Waals surface area contributed by atoms with Gasteiger partial charge >= 0.3 is 5.97 Å². The van der Waals surface area contributed by atoms with Crippen LogP contribution in [0.1, 0.15) is 23.2 Å². The highest BCUT2D eigenvalue weighted by Crippen LogP contribution is 2.32. The predicted molar refractivity (Wildman–Crippen MR) is 145 cm³/mol. The van der Waals surface area contributed by atoms with Crippen LogP contribution in [0.3, 0.4) is 0 Å². The average molecular weight is 526 g/mol. The maximum absolute atomic E-state index is 15.7. The Morgan fingerprint density at radius 1 is 0.895 bits per heavy atom. The number of likely N-dealkylation sites (N-methyl/N-ethyl adjacent to an activating group) is 2. The largest absolute Gasteiger partial charge is 0.477 e. The molecule has 0 aliphatic carbocycles. The molecule has 5 rings (SSSR count). The molecule has 8 nitrogen and oxygen atoms in total. The summed E-state index contributed by atoms with van der Waals surface area (Å²) in [6.07, 6.45) is 2.97. The fourth-order valence-corrected chi connectivity index (χ4v) is 5.60. The van der Waals surface area contributed by atoms with Crippen molar-refractivity contribution in [2.75, 3.05) is 64.2 Å². The number of halogens is 2. The van der Waals surface area contributed by atoms with Crippen molar-refractivity contribution in [2.45, 2.75) is 24.9 Å². The van der Waals surface area contributed by atoms with E-state index in [1.165, 1.54) is 16.7 Å². The fourth-order valence-electron chi connectivity index (χ4n) is 5.60. The lowest BCUT2D eigenvalue weighted by Crippen LogP contribution is -2.31. The van der Waals surface area contributed by atoms with Gasteiger partial charge in [0.2, 0.25) is 5.43 Å². The van der Waals surface area contributed by atoms with Crippen molar-refractivity contribution in [2.24, 2.45) is 0 Å². The Bertz CT molecular complexity index is 1450. The third-order valence-corrected chi connectivity index (χ3v) is 7.99. The number of hydrogen-bond acceptors (Lipinski definition) is 6. The molecule has 10 heteroatoms. The molecule has 0 bridgehead atoms. The molecule has 2 fully saturated rings. The number of carboxylic acids is 1. The van der Waals surface area contributed by atoms with Crippen LogP contribution in [0, 0.1) is 11.6 Å². The number of carboxylic acid groups (broad SMARTS) is 1. The van der Waals surface area contributed by atoms with Gasteiger partial charge in [0, 0.05) is 55.5 Å². The minimum Gasteiger partial charge on any atom is -0.477 e. The van der Waals surface area contributed by atoms with Gasteiger partial charge in [-0.2, -0.15) is 0 Å². The van der Waals surface area contributed by atoms with E-state index in [0.717, 1.165) is 43.9 Å². The average Bonchev–Trinajstić information content (AvgIpc) is 3.55. The minimum absolute atomic E-state index is 0.0924. The Morgan fingerprint density at radius 3 is 2.08 bits per heavy atom. The van der Waals surface area contributed by atoms with Crippen LogP contribution >= 0.6 is 0 Å². The van der Waals surface area contributed by atoms with Gasteiger partial charge in [-0.3, -0.25) is 4.79 Å². The van der Waals surface area contributed by atoms with E-state index in [2.05, 4.69) is 14.7 Å². The van der Waals surface area contributed by atoms with E-state index in [0.29, 0.717) is 24.8 Å². The van der Waals surface area contributed by atoms with Crippen molar-refractivity contribution in [3.63, 3.8) is 0 Å². The molecule has 0 radical (unpaired) electrons. The molecule has 0 amide bonds. The number of aromatic nitrogens is 1. The van der Waals surface area contributed by atoms with Crippen LogP contribution in [0.2, 0.25) is 0 Å². The van der Waals surface area contributed by atoms with Gasteiger partial charge < -0.3 is 29.3 Å². The first-order valence-electron chi connectivity index (χ1n) is 12.8. The summed E-state index contributed by atoms with van der Waals surface area (Å²) < 4.78 is 32.3. The molecule has 0 spiro atoms. The SMILES string of the molecule is CN(C)C1CCN(c2ccc(-n3cc(C(=O)O)c(=O)c4cc(F)c(N5CCC(N(C)C)C5)cc43)c(F)c2)C1. The zero-order valence-corrected chi connectivity index (χ0v) is 22.1. The molecule has 2 aliphatic heterocycles. The number of fused-ring (bicyclic) bond motifs is 1. The van der Waals surface area contributed by atoms with E-state index in [4.69, 9.17) is 0 Å². The molecule has 2 atom stereocenters. The van der Waals surface area contributed by atoms with Crippen LogP contribution in [-0.4, -0.2) is 91.9 Å². The summed E-state index contributed by atoms with van der Waals surface area (Å²) in [6.45, 7) is 2.83. The van der Waals surface area contributed by atoms with Crippen LogP contribution in [-0.2, 0) is 0 Å². The van der Waals surface area contributed by atoms with Gasteiger partial charge in [-0.15, -0.1) is 0 Å². The molecular formula is C28H33F2N5O3. The lowest BCUT2D eigenvalue weighted by atomic mass is 10.1. The number of rotatable bonds is 6. The van der Waals surface area contributed by atoms with Crippen molar-refractivity contribution in [3.8, 4) is 5.69 Å². The van der Waals surface area contributed by atoms with Crippen molar-refractivity contribution in [1.82, 2.24) is 14.4 Å². The standard InChI is InChI=1S/C28H33F2N5O3/c1-31(2)18-7-9-33(14-18)17-5-6-24(22(29)11-17)35-16-21(28(37)38)27(36)20-12-23(30)26(13-25(20)35)34-10-8-19(15-34)32(3)4/h5-6,11-13,16,18-19H,7-10,14-15H2,1-4H3,(H,37,38). The van der Waals surface area contributed by atoms with E-state index in [-0.39, 0.29) is 22.6 Å². The Morgan fingerprint density at radius 2 is 1.50 bits per heavy atom. The summed E-state index contributed by atoms with van der Waals surface area (Å²) in [6, 6.07) is 8.07. The number of nitrogens with zero attached hydrogens (tertiary/aromatic N) is 5. The van der Waals surface area contributed by atoms with Crippen LogP contribution in [0.4, 0.5) is 20.2 Å². The van der Waals surface area contributed by atoms with Gasteiger partial charge in [-0.05, 0) is 71.4 Å². The molecule has 1 aromatic heterocycles. The molecule has 3 aromatic rings. The predicted octanol–water partition coefficient (Wildman–Crippen LogP) is 3.25. The molecule has 0 saturated carbocycles. The van der Waals surface area contributed by atoms with Gasteiger partial charge in [0.1, 0.15) is 17.2 Å². The van der Waals surface area contributed by atoms with E-state index >= 15 is 8.78 Å². The third kappa shape index (κ3) is 4.63. The first-order valence-corrected chi connectivity index (χ1v) is 12.8. The molecule has 1 N–H and O–H groups in total. The number of carbonyl (C=O) groups is 1. The van der Waals surface area contributed by atoms with Crippen molar-refractivity contribution >= 4 is 28.2 Å².